The lowest BCUT2D eigenvalue weighted by molar-refractivity contribution is -0.138. The van der Waals surface area contributed by atoms with E-state index in [1.165, 1.54) is 23.5 Å². The van der Waals surface area contributed by atoms with Crippen molar-refractivity contribution in [2.24, 2.45) is 5.41 Å². The molecule has 4 rings (SSSR count). The standard InChI is InChI=1S/C24H20F3N3O2S/c1-23(2)14-30(12-17-13-33-21(29-17)15-6-4-3-5-7-15)22(31)20(23)32-18-9-8-16(11-28)19(10-18)24(25,26)27/h3-10,13,20H,12,14H2,1-2H3. The third-order valence-electron chi connectivity index (χ3n) is 5.44. The van der Waals surface area contributed by atoms with Gasteiger partial charge in [-0.3, -0.25) is 4.79 Å². The van der Waals surface area contributed by atoms with Gasteiger partial charge in [-0.15, -0.1) is 11.3 Å². The Morgan fingerprint density at radius 3 is 2.64 bits per heavy atom. The van der Waals surface area contributed by atoms with Gasteiger partial charge >= 0.3 is 6.18 Å². The highest BCUT2D eigenvalue weighted by atomic mass is 32.1. The van der Waals surface area contributed by atoms with Crippen LogP contribution in [0.4, 0.5) is 13.2 Å². The summed E-state index contributed by atoms with van der Waals surface area (Å²) < 4.78 is 45.7. The number of carbonyl (C=O) groups excluding carboxylic acids is 1. The molecule has 1 fully saturated rings. The Labute approximate surface area is 193 Å². The fourth-order valence-electron chi connectivity index (χ4n) is 3.85. The van der Waals surface area contributed by atoms with Crippen molar-refractivity contribution >= 4 is 17.2 Å². The van der Waals surface area contributed by atoms with Gasteiger partial charge in [0.1, 0.15) is 10.8 Å². The number of benzene rings is 2. The number of thiazole rings is 1. The van der Waals surface area contributed by atoms with Gasteiger partial charge in [0.25, 0.3) is 5.91 Å². The molecule has 1 saturated heterocycles. The maximum Gasteiger partial charge on any atom is 0.417 e. The normalized spacial score (nSPS) is 17.8. The van der Waals surface area contributed by atoms with E-state index in [1.807, 2.05) is 49.6 Å². The molecule has 0 spiro atoms. The number of rotatable bonds is 5. The minimum absolute atomic E-state index is 0.102. The molecule has 1 atom stereocenters. The first-order valence-electron chi connectivity index (χ1n) is 10.1. The molecule has 170 valence electrons. The van der Waals surface area contributed by atoms with Gasteiger partial charge in [0.15, 0.2) is 6.10 Å². The van der Waals surface area contributed by atoms with E-state index in [1.54, 1.807) is 4.90 Å². The van der Waals surface area contributed by atoms with Gasteiger partial charge in [-0.25, -0.2) is 4.98 Å². The van der Waals surface area contributed by atoms with Crippen LogP contribution in [0.25, 0.3) is 10.6 Å². The van der Waals surface area contributed by atoms with Crippen molar-refractivity contribution in [2.45, 2.75) is 32.7 Å². The molecule has 33 heavy (non-hydrogen) atoms. The molecule has 3 aromatic rings. The predicted molar refractivity (Wildman–Crippen MR) is 117 cm³/mol. The smallest absolute Gasteiger partial charge is 0.417 e. The number of likely N-dealkylation sites (tertiary alicyclic amines) is 1. The summed E-state index contributed by atoms with van der Waals surface area (Å²) in [5.74, 6) is -0.415. The van der Waals surface area contributed by atoms with Gasteiger partial charge in [0.05, 0.1) is 29.4 Å². The number of nitriles is 1. The molecule has 9 heteroatoms. The number of hydrogen-bond acceptors (Lipinski definition) is 5. The maximum atomic E-state index is 13.3. The van der Waals surface area contributed by atoms with Gasteiger partial charge in [-0.05, 0) is 18.2 Å². The number of carbonyl (C=O) groups is 1. The highest BCUT2D eigenvalue weighted by Crippen LogP contribution is 2.38. The summed E-state index contributed by atoms with van der Waals surface area (Å²) in [5.41, 5.74) is -0.489. The number of aromatic nitrogens is 1. The quantitative estimate of drug-likeness (QED) is 0.492. The van der Waals surface area contributed by atoms with E-state index in [-0.39, 0.29) is 18.2 Å². The molecule has 1 amide bonds. The van der Waals surface area contributed by atoms with Crippen LogP contribution in [0.5, 0.6) is 5.75 Å². The second-order valence-electron chi connectivity index (χ2n) is 8.51. The molecule has 1 aliphatic heterocycles. The zero-order valence-electron chi connectivity index (χ0n) is 17.9. The number of ether oxygens (including phenoxy) is 1. The summed E-state index contributed by atoms with van der Waals surface area (Å²) in [6.45, 7) is 4.32. The SMILES string of the molecule is CC1(C)CN(Cc2csc(-c3ccccc3)n2)C(=O)C1Oc1ccc(C#N)c(C(F)(F)F)c1. The van der Waals surface area contributed by atoms with E-state index in [2.05, 4.69) is 4.98 Å². The average Bonchev–Trinajstić information content (AvgIpc) is 3.32. The topological polar surface area (TPSA) is 66.2 Å². The van der Waals surface area contributed by atoms with Crippen LogP contribution >= 0.6 is 11.3 Å². The van der Waals surface area contributed by atoms with Crippen molar-refractivity contribution in [3.63, 3.8) is 0 Å². The maximum absolute atomic E-state index is 13.3. The Kier molecular flexibility index (Phi) is 5.89. The molecular weight excluding hydrogens is 451 g/mol. The van der Waals surface area contributed by atoms with Crippen molar-refractivity contribution < 1.29 is 22.7 Å². The summed E-state index contributed by atoms with van der Waals surface area (Å²) in [6, 6.07) is 14.4. The van der Waals surface area contributed by atoms with Crippen LogP contribution in [0.1, 0.15) is 30.7 Å². The lowest BCUT2D eigenvalue weighted by Crippen LogP contribution is -2.36. The van der Waals surface area contributed by atoms with Crippen LogP contribution in [0.15, 0.2) is 53.9 Å². The highest BCUT2D eigenvalue weighted by molar-refractivity contribution is 7.13. The lowest BCUT2D eigenvalue weighted by Gasteiger charge is -2.24. The zero-order chi connectivity index (χ0) is 23.8. The lowest BCUT2D eigenvalue weighted by atomic mass is 9.89. The van der Waals surface area contributed by atoms with E-state index in [4.69, 9.17) is 10.00 Å². The van der Waals surface area contributed by atoms with Gasteiger partial charge < -0.3 is 9.64 Å². The average molecular weight is 472 g/mol. The fourth-order valence-corrected chi connectivity index (χ4v) is 4.67. The summed E-state index contributed by atoms with van der Waals surface area (Å²) in [6.07, 6.45) is -5.66. The molecule has 0 bridgehead atoms. The Bertz CT molecular complexity index is 1220. The fraction of sp³-hybridized carbons (Fsp3) is 0.292. The van der Waals surface area contributed by atoms with Crippen molar-refractivity contribution in [1.82, 2.24) is 9.88 Å². The summed E-state index contributed by atoms with van der Waals surface area (Å²) in [7, 11) is 0. The van der Waals surface area contributed by atoms with Crippen LogP contribution in [0.2, 0.25) is 0 Å². The number of nitrogens with zero attached hydrogens (tertiary/aromatic N) is 3. The van der Waals surface area contributed by atoms with Crippen LogP contribution in [-0.2, 0) is 17.5 Å². The van der Waals surface area contributed by atoms with Gasteiger partial charge in [-0.1, -0.05) is 44.2 Å². The predicted octanol–water partition coefficient (Wildman–Crippen LogP) is 5.52. The monoisotopic (exact) mass is 471 g/mol. The Balaban J connectivity index is 1.52. The van der Waals surface area contributed by atoms with Crippen molar-refractivity contribution in [1.29, 1.82) is 5.26 Å². The zero-order valence-corrected chi connectivity index (χ0v) is 18.7. The minimum Gasteiger partial charge on any atom is -0.480 e. The third kappa shape index (κ3) is 4.71. The Morgan fingerprint density at radius 2 is 1.97 bits per heavy atom. The minimum atomic E-state index is -4.70. The molecule has 2 heterocycles. The molecule has 1 unspecified atom stereocenters. The second kappa shape index (κ2) is 8.52. The van der Waals surface area contributed by atoms with E-state index < -0.39 is 28.8 Å². The molecule has 0 saturated carbocycles. The van der Waals surface area contributed by atoms with Crippen LogP contribution in [0, 0.1) is 16.7 Å². The molecule has 1 aromatic heterocycles. The van der Waals surface area contributed by atoms with E-state index in [9.17, 15) is 18.0 Å². The van der Waals surface area contributed by atoms with Crippen LogP contribution in [-0.4, -0.2) is 28.4 Å². The van der Waals surface area contributed by atoms with Gasteiger partial charge in [0, 0.05) is 22.9 Å². The number of hydrogen-bond donors (Lipinski definition) is 0. The molecule has 0 N–H and O–H groups in total. The molecule has 1 aliphatic rings. The Morgan fingerprint density at radius 1 is 1.24 bits per heavy atom. The molecule has 0 radical (unpaired) electrons. The summed E-state index contributed by atoms with van der Waals surface area (Å²) in [5, 5.41) is 11.7. The largest absolute Gasteiger partial charge is 0.480 e. The van der Waals surface area contributed by atoms with Crippen molar-refractivity contribution in [3.8, 4) is 22.4 Å². The van der Waals surface area contributed by atoms with Crippen LogP contribution < -0.4 is 4.74 Å². The second-order valence-corrected chi connectivity index (χ2v) is 9.37. The summed E-state index contributed by atoms with van der Waals surface area (Å²) in [4.78, 5) is 19.3. The van der Waals surface area contributed by atoms with Crippen molar-refractivity contribution in [3.05, 3.63) is 70.7 Å². The third-order valence-corrected chi connectivity index (χ3v) is 6.38. The van der Waals surface area contributed by atoms with E-state index in [0.717, 1.165) is 28.4 Å². The molecular formula is C24H20F3N3O2S. The molecule has 5 nitrogen and oxygen atoms in total. The van der Waals surface area contributed by atoms with Crippen molar-refractivity contribution in [2.75, 3.05) is 6.54 Å². The molecule has 2 aromatic carbocycles. The highest BCUT2D eigenvalue weighted by Gasteiger charge is 2.48. The van der Waals surface area contributed by atoms with E-state index in [0.29, 0.717) is 6.54 Å². The first kappa shape index (κ1) is 22.8. The number of alkyl halides is 3. The van der Waals surface area contributed by atoms with Gasteiger partial charge in [-0.2, -0.15) is 18.4 Å². The van der Waals surface area contributed by atoms with Crippen LogP contribution in [0.3, 0.4) is 0 Å². The Hall–Kier alpha value is -3.38. The first-order valence-corrected chi connectivity index (χ1v) is 11.0. The van der Waals surface area contributed by atoms with Gasteiger partial charge in [0.2, 0.25) is 0 Å². The number of amides is 1. The molecule has 0 aliphatic carbocycles. The summed E-state index contributed by atoms with van der Waals surface area (Å²) >= 11 is 1.48. The number of halogens is 3. The first-order chi connectivity index (χ1) is 15.6. The van der Waals surface area contributed by atoms with E-state index >= 15 is 0 Å².